The van der Waals surface area contributed by atoms with Gasteiger partial charge in [-0.25, -0.2) is 0 Å². The van der Waals surface area contributed by atoms with Crippen molar-refractivity contribution in [3.63, 3.8) is 0 Å². The van der Waals surface area contributed by atoms with Gasteiger partial charge in [0.25, 0.3) is 0 Å². The Hall–Kier alpha value is -1.63. The highest BCUT2D eigenvalue weighted by molar-refractivity contribution is 5.94. The lowest BCUT2D eigenvalue weighted by molar-refractivity contribution is -0.0221. The number of aliphatic hydroxyl groups is 1. The molecule has 0 spiro atoms. The molecule has 2 N–H and O–H groups in total. The molecule has 0 radical (unpaired) electrons. The number of hydrogen-bond acceptors (Lipinski definition) is 6. The van der Waals surface area contributed by atoms with E-state index in [0.717, 1.165) is 0 Å². The largest absolute Gasteiger partial charge is 0.486 e. The molecule has 0 amide bonds. The monoisotopic (exact) mass is 337 g/mol. The van der Waals surface area contributed by atoms with Gasteiger partial charge in [0.05, 0.1) is 19.3 Å². The van der Waals surface area contributed by atoms with Crippen molar-refractivity contribution >= 4 is 5.78 Å². The first-order chi connectivity index (χ1) is 11.2. The smallest absolute Gasteiger partial charge is 0.162 e. The van der Waals surface area contributed by atoms with Crippen LogP contribution in [-0.2, 0) is 4.74 Å². The number of carbonyl (C=O) groups is 1. The molecule has 6 nitrogen and oxygen atoms in total. The molecule has 1 aromatic carbocycles. The number of β-amino-alcohol motifs (C(OH)–C–C–N with tert-alkyl or cyclic N) is 1. The predicted octanol–water partition coefficient (Wildman–Crippen LogP) is 1.79. The number of ether oxygens (including phenoxy) is 3. The van der Waals surface area contributed by atoms with E-state index in [4.69, 9.17) is 14.2 Å². The number of ketones is 1. The first-order valence-corrected chi connectivity index (χ1v) is 8.20. The molecule has 2 atom stereocenters. The molecule has 0 saturated carbocycles. The minimum absolute atomic E-state index is 0.00953. The summed E-state index contributed by atoms with van der Waals surface area (Å²) < 4.78 is 17.0. The zero-order chi connectivity index (χ0) is 17.7. The van der Waals surface area contributed by atoms with Gasteiger partial charge in [-0.15, -0.1) is 0 Å². The van der Waals surface area contributed by atoms with Crippen molar-refractivity contribution < 1.29 is 24.1 Å². The second-order valence-corrected chi connectivity index (χ2v) is 7.09. The van der Waals surface area contributed by atoms with Crippen LogP contribution in [0, 0.1) is 0 Å². The molecule has 134 valence electrons. The Bertz CT molecular complexity index is 567. The fourth-order valence-corrected chi connectivity index (χ4v) is 2.23. The molecule has 1 aromatic rings. The molecule has 0 aromatic heterocycles. The van der Waals surface area contributed by atoms with E-state index < -0.39 is 6.10 Å². The van der Waals surface area contributed by atoms with Gasteiger partial charge in [0.2, 0.25) is 0 Å². The van der Waals surface area contributed by atoms with Gasteiger partial charge >= 0.3 is 0 Å². The third-order valence-electron chi connectivity index (χ3n) is 3.55. The molecule has 0 aliphatic carbocycles. The van der Waals surface area contributed by atoms with Crippen molar-refractivity contribution in [3.05, 3.63) is 23.8 Å². The van der Waals surface area contributed by atoms with Crippen LogP contribution in [0.25, 0.3) is 0 Å². The Morgan fingerprint density at radius 2 is 2.17 bits per heavy atom. The van der Waals surface area contributed by atoms with E-state index in [1.807, 2.05) is 20.8 Å². The SMILES string of the molecule is CC(=O)c1ccc2c(c1)OCC(COCC(O)CNC(C)(C)C)O2. The van der Waals surface area contributed by atoms with Gasteiger partial charge in [-0.1, -0.05) is 0 Å². The van der Waals surface area contributed by atoms with Gasteiger partial charge in [-0.2, -0.15) is 0 Å². The third-order valence-corrected chi connectivity index (χ3v) is 3.55. The summed E-state index contributed by atoms with van der Waals surface area (Å²) in [4.78, 5) is 11.4. The van der Waals surface area contributed by atoms with Gasteiger partial charge in [-0.3, -0.25) is 4.79 Å². The summed E-state index contributed by atoms with van der Waals surface area (Å²) in [6, 6.07) is 5.15. The predicted molar refractivity (Wildman–Crippen MR) is 90.9 cm³/mol. The number of carbonyl (C=O) groups excluding carboxylic acids is 1. The molecule has 0 fully saturated rings. The summed E-state index contributed by atoms with van der Waals surface area (Å²) in [7, 11) is 0. The molecule has 1 aliphatic rings. The summed E-state index contributed by atoms with van der Waals surface area (Å²) in [5, 5.41) is 13.1. The van der Waals surface area contributed by atoms with Crippen LogP contribution in [0.3, 0.4) is 0 Å². The van der Waals surface area contributed by atoms with Crippen molar-refractivity contribution in [1.82, 2.24) is 5.32 Å². The van der Waals surface area contributed by atoms with Gasteiger partial charge in [0, 0.05) is 17.6 Å². The Labute approximate surface area is 143 Å². The second-order valence-electron chi connectivity index (χ2n) is 7.09. The molecular formula is C18H27NO5. The molecule has 1 heterocycles. The van der Waals surface area contributed by atoms with E-state index in [9.17, 15) is 9.90 Å². The average molecular weight is 337 g/mol. The lowest BCUT2D eigenvalue weighted by Crippen LogP contribution is -2.42. The van der Waals surface area contributed by atoms with Crippen LogP contribution < -0.4 is 14.8 Å². The standard InChI is InChI=1S/C18H27NO5/c1-12(20)13-5-6-16-17(7-13)23-11-15(24-16)10-22-9-14(21)8-19-18(2,3)4/h5-7,14-15,19,21H,8-11H2,1-4H3. The Morgan fingerprint density at radius 1 is 1.42 bits per heavy atom. The third kappa shape index (κ3) is 5.78. The van der Waals surface area contributed by atoms with Crippen molar-refractivity contribution in [1.29, 1.82) is 0 Å². The van der Waals surface area contributed by atoms with Gasteiger partial charge < -0.3 is 24.6 Å². The van der Waals surface area contributed by atoms with Crippen LogP contribution in [-0.4, -0.2) is 55.0 Å². The average Bonchev–Trinajstić information content (AvgIpc) is 2.51. The van der Waals surface area contributed by atoms with Crippen LogP contribution in [0.4, 0.5) is 0 Å². The maximum atomic E-state index is 11.4. The fourth-order valence-electron chi connectivity index (χ4n) is 2.23. The van der Waals surface area contributed by atoms with Gasteiger partial charge in [-0.05, 0) is 45.9 Å². The Morgan fingerprint density at radius 3 is 2.83 bits per heavy atom. The fraction of sp³-hybridized carbons (Fsp3) is 0.611. The summed E-state index contributed by atoms with van der Waals surface area (Å²) in [6.07, 6.45) is -0.803. The summed E-state index contributed by atoms with van der Waals surface area (Å²) in [5.41, 5.74) is 0.561. The van der Waals surface area contributed by atoms with Crippen molar-refractivity contribution in [2.45, 2.75) is 45.4 Å². The maximum absolute atomic E-state index is 11.4. The van der Waals surface area contributed by atoms with Crippen LogP contribution in [0.1, 0.15) is 38.1 Å². The Balaban J connectivity index is 1.75. The number of nitrogens with one attached hydrogen (secondary N) is 1. The molecule has 2 rings (SSSR count). The minimum Gasteiger partial charge on any atom is -0.486 e. The number of Topliss-reactive ketones (excluding diaryl/α,β-unsaturated/α-hetero) is 1. The van der Waals surface area contributed by atoms with Crippen LogP contribution in [0.2, 0.25) is 0 Å². The highest BCUT2D eigenvalue weighted by Gasteiger charge is 2.22. The molecule has 1 aliphatic heterocycles. The zero-order valence-corrected chi connectivity index (χ0v) is 14.8. The number of hydrogen-bond donors (Lipinski definition) is 2. The number of fused-ring (bicyclic) bond motifs is 1. The topological polar surface area (TPSA) is 77.0 Å². The molecular weight excluding hydrogens is 310 g/mol. The van der Waals surface area contributed by atoms with Crippen molar-refractivity contribution in [2.75, 3.05) is 26.4 Å². The molecule has 6 heteroatoms. The van der Waals surface area contributed by atoms with E-state index in [2.05, 4.69) is 5.32 Å². The zero-order valence-electron chi connectivity index (χ0n) is 14.8. The second kappa shape index (κ2) is 7.96. The maximum Gasteiger partial charge on any atom is 0.162 e. The first-order valence-electron chi connectivity index (χ1n) is 8.20. The lowest BCUT2D eigenvalue weighted by Gasteiger charge is -2.27. The van der Waals surface area contributed by atoms with E-state index in [1.165, 1.54) is 6.92 Å². The first kappa shape index (κ1) is 18.7. The van der Waals surface area contributed by atoms with E-state index in [-0.39, 0.29) is 24.0 Å². The van der Waals surface area contributed by atoms with Crippen molar-refractivity contribution in [3.8, 4) is 11.5 Å². The molecule has 0 saturated heterocycles. The molecule has 24 heavy (non-hydrogen) atoms. The highest BCUT2D eigenvalue weighted by atomic mass is 16.6. The Kier molecular flexibility index (Phi) is 6.21. The molecule has 0 bridgehead atoms. The molecule has 2 unspecified atom stereocenters. The number of aliphatic hydroxyl groups excluding tert-OH is 1. The normalized spacial score (nSPS) is 18.3. The van der Waals surface area contributed by atoms with Crippen LogP contribution >= 0.6 is 0 Å². The summed E-state index contributed by atoms with van der Waals surface area (Å²) >= 11 is 0. The highest BCUT2D eigenvalue weighted by Crippen LogP contribution is 2.32. The van der Waals surface area contributed by atoms with Gasteiger partial charge in [0.1, 0.15) is 6.61 Å². The van der Waals surface area contributed by atoms with E-state index >= 15 is 0 Å². The quantitative estimate of drug-likeness (QED) is 0.739. The minimum atomic E-state index is -0.570. The van der Waals surface area contributed by atoms with Gasteiger partial charge in [0.15, 0.2) is 23.4 Å². The summed E-state index contributed by atoms with van der Waals surface area (Å²) in [6.45, 7) is 9.04. The lowest BCUT2D eigenvalue weighted by atomic mass is 10.1. The van der Waals surface area contributed by atoms with Crippen LogP contribution in [0.5, 0.6) is 11.5 Å². The summed E-state index contributed by atoms with van der Waals surface area (Å²) in [5.74, 6) is 1.17. The van der Waals surface area contributed by atoms with E-state index in [0.29, 0.717) is 36.8 Å². The number of rotatable bonds is 7. The van der Waals surface area contributed by atoms with Crippen molar-refractivity contribution in [2.24, 2.45) is 0 Å². The van der Waals surface area contributed by atoms with Crippen LogP contribution in [0.15, 0.2) is 18.2 Å². The number of benzene rings is 1. The van der Waals surface area contributed by atoms with E-state index in [1.54, 1.807) is 18.2 Å².